The molecule has 3 N–H and O–H groups in total. The molecule has 3 amide bonds. The van der Waals surface area contributed by atoms with E-state index in [1.807, 2.05) is 13.0 Å². The minimum atomic E-state index is -0.393. The van der Waals surface area contributed by atoms with Crippen LogP contribution < -0.4 is 16.0 Å². The number of benzene rings is 1. The Morgan fingerprint density at radius 3 is 2.00 bits per heavy atom. The van der Waals surface area contributed by atoms with E-state index in [4.69, 9.17) is 0 Å². The van der Waals surface area contributed by atoms with Crippen molar-refractivity contribution in [1.29, 1.82) is 0 Å². The van der Waals surface area contributed by atoms with E-state index in [9.17, 15) is 14.4 Å². The smallest absolute Gasteiger partial charge is 0.256 e. The van der Waals surface area contributed by atoms with Gasteiger partial charge >= 0.3 is 0 Å². The van der Waals surface area contributed by atoms with Crippen LogP contribution in [-0.2, 0) is 9.59 Å². The fraction of sp³-hybridized carbons (Fsp3) is 0.176. The third kappa shape index (κ3) is 4.64. The van der Waals surface area contributed by atoms with E-state index in [1.165, 1.54) is 26.0 Å². The SMILES string of the molecule is CC(=O)Nc1cc(NC(C)=O)cc(C(=O)Nc2ncccc2C)c1. The lowest BCUT2D eigenvalue weighted by molar-refractivity contribution is -0.115. The molecule has 0 fully saturated rings. The van der Waals surface area contributed by atoms with E-state index < -0.39 is 5.91 Å². The van der Waals surface area contributed by atoms with Crippen LogP contribution in [0, 0.1) is 6.92 Å². The number of nitrogens with one attached hydrogen (secondary N) is 3. The average molecular weight is 326 g/mol. The van der Waals surface area contributed by atoms with E-state index in [-0.39, 0.29) is 17.4 Å². The first kappa shape index (κ1) is 17.1. The van der Waals surface area contributed by atoms with E-state index >= 15 is 0 Å². The van der Waals surface area contributed by atoms with Gasteiger partial charge in [-0.1, -0.05) is 6.07 Å². The Bertz CT molecular complexity index is 768. The number of aromatic nitrogens is 1. The number of pyridine rings is 1. The molecule has 0 spiro atoms. The fourth-order valence-electron chi connectivity index (χ4n) is 2.11. The molecule has 0 saturated heterocycles. The van der Waals surface area contributed by atoms with Gasteiger partial charge < -0.3 is 16.0 Å². The molecule has 2 aromatic rings. The first-order chi connectivity index (χ1) is 11.3. The van der Waals surface area contributed by atoms with Gasteiger partial charge in [-0.25, -0.2) is 4.98 Å². The summed E-state index contributed by atoms with van der Waals surface area (Å²) in [4.78, 5) is 39.1. The maximum Gasteiger partial charge on any atom is 0.256 e. The first-order valence-electron chi connectivity index (χ1n) is 7.28. The number of amides is 3. The summed E-state index contributed by atoms with van der Waals surface area (Å²) in [5.74, 6) is -0.493. The second-order valence-corrected chi connectivity index (χ2v) is 5.28. The predicted octanol–water partition coefficient (Wildman–Crippen LogP) is 2.56. The van der Waals surface area contributed by atoms with E-state index in [2.05, 4.69) is 20.9 Å². The summed E-state index contributed by atoms with van der Waals surface area (Å²) in [7, 11) is 0. The molecule has 0 unspecified atom stereocenters. The maximum atomic E-state index is 12.5. The molecular weight excluding hydrogens is 308 g/mol. The number of hydrogen-bond donors (Lipinski definition) is 3. The number of rotatable bonds is 4. The van der Waals surface area contributed by atoms with Gasteiger partial charge in [-0.15, -0.1) is 0 Å². The largest absolute Gasteiger partial charge is 0.326 e. The van der Waals surface area contributed by atoms with Gasteiger partial charge in [0, 0.05) is 37.0 Å². The Balaban J connectivity index is 2.32. The van der Waals surface area contributed by atoms with Crippen molar-refractivity contribution >= 4 is 34.9 Å². The van der Waals surface area contributed by atoms with Crippen molar-refractivity contribution < 1.29 is 14.4 Å². The van der Waals surface area contributed by atoms with Gasteiger partial charge in [-0.2, -0.15) is 0 Å². The summed E-state index contributed by atoms with van der Waals surface area (Å²) in [5, 5.41) is 7.92. The van der Waals surface area contributed by atoms with Crippen LogP contribution in [0.4, 0.5) is 17.2 Å². The van der Waals surface area contributed by atoms with Gasteiger partial charge in [0.1, 0.15) is 5.82 Å². The van der Waals surface area contributed by atoms with Gasteiger partial charge in [0.15, 0.2) is 0 Å². The van der Waals surface area contributed by atoms with Crippen LogP contribution in [0.3, 0.4) is 0 Å². The molecule has 0 radical (unpaired) electrons. The zero-order chi connectivity index (χ0) is 17.7. The van der Waals surface area contributed by atoms with Crippen LogP contribution in [0.2, 0.25) is 0 Å². The number of carbonyl (C=O) groups is 3. The van der Waals surface area contributed by atoms with Crippen LogP contribution in [0.1, 0.15) is 29.8 Å². The molecule has 124 valence electrons. The van der Waals surface area contributed by atoms with Crippen LogP contribution >= 0.6 is 0 Å². The molecule has 1 heterocycles. The predicted molar refractivity (Wildman–Crippen MR) is 92.0 cm³/mol. The zero-order valence-electron chi connectivity index (χ0n) is 13.6. The summed E-state index contributed by atoms with van der Waals surface area (Å²) < 4.78 is 0. The summed E-state index contributed by atoms with van der Waals surface area (Å²) in [6, 6.07) is 8.24. The normalized spacial score (nSPS) is 9.96. The Labute approximate surface area is 139 Å². The highest BCUT2D eigenvalue weighted by Gasteiger charge is 2.12. The Kier molecular flexibility index (Phi) is 5.26. The van der Waals surface area contributed by atoms with Crippen LogP contribution in [-0.4, -0.2) is 22.7 Å². The molecule has 0 bridgehead atoms. The van der Waals surface area contributed by atoms with Gasteiger partial charge in [0.2, 0.25) is 11.8 Å². The average Bonchev–Trinajstić information content (AvgIpc) is 2.48. The molecule has 0 aliphatic rings. The zero-order valence-corrected chi connectivity index (χ0v) is 13.6. The number of aryl methyl sites for hydroxylation is 1. The highest BCUT2D eigenvalue weighted by atomic mass is 16.2. The lowest BCUT2D eigenvalue weighted by Crippen LogP contribution is -2.16. The highest BCUT2D eigenvalue weighted by Crippen LogP contribution is 2.21. The van der Waals surface area contributed by atoms with Crippen LogP contribution in [0.15, 0.2) is 36.5 Å². The topological polar surface area (TPSA) is 100 Å². The third-order valence-corrected chi connectivity index (χ3v) is 3.08. The molecule has 24 heavy (non-hydrogen) atoms. The third-order valence-electron chi connectivity index (χ3n) is 3.08. The quantitative estimate of drug-likeness (QED) is 0.804. The van der Waals surface area contributed by atoms with Gasteiger partial charge in [-0.05, 0) is 36.8 Å². The summed E-state index contributed by atoms with van der Waals surface area (Å²) in [6.45, 7) is 4.56. The summed E-state index contributed by atoms with van der Waals surface area (Å²) >= 11 is 0. The molecule has 7 heteroatoms. The van der Waals surface area contributed by atoms with Gasteiger partial charge in [-0.3, -0.25) is 14.4 Å². The van der Waals surface area contributed by atoms with Crippen molar-refractivity contribution in [2.75, 3.05) is 16.0 Å². The van der Waals surface area contributed by atoms with Crippen molar-refractivity contribution in [2.24, 2.45) is 0 Å². The molecule has 7 nitrogen and oxygen atoms in total. The Hall–Kier alpha value is -3.22. The molecule has 0 aliphatic heterocycles. The summed E-state index contributed by atoms with van der Waals surface area (Å²) in [5.41, 5.74) is 1.94. The lowest BCUT2D eigenvalue weighted by Gasteiger charge is -2.11. The highest BCUT2D eigenvalue weighted by molar-refractivity contribution is 6.06. The maximum absolute atomic E-state index is 12.5. The van der Waals surface area contributed by atoms with Crippen molar-refractivity contribution in [1.82, 2.24) is 4.98 Å². The molecule has 1 aromatic carbocycles. The first-order valence-corrected chi connectivity index (χ1v) is 7.28. The number of hydrogen-bond acceptors (Lipinski definition) is 4. The molecular formula is C17H18N4O3. The minimum absolute atomic E-state index is 0.276. The van der Waals surface area contributed by atoms with Crippen LogP contribution in [0.25, 0.3) is 0 Å². The second-order valence-electron chi connectivity index (χ2n) is 5.28. The van der Waals surface area contributed by atoms with Crippen LogP contribution in [0.5, 0.6) is 0 Å². The van der Waals surface area contributed by atoms with Crippen molar-refractivity contribution in [3.8, 4) is 0 Å². The summed E-state index contributed by atoms with van der Waals surface area (Å²) in [6.07, 6.45) is 1.58. The van der Waals surface area contributed by atoms with Gasteiger partial charge in [0.25, 0.3) is 5.91 Å². The number of carbonyl (C=O) groups excluding carboxylic acids is 3. The standard InChI is InChI=1S/C17H18N4O3/c1-10-5-4-6-18-16(10)21-17(24)13-7-14(19-11(2)22)9-15(8-13)20-12(3)23/h4-9H,1-3H3,(H,19,22)(H,20,23)(H,18,21,24). The van der Waals surface area contributed by atoms with Crippen molar-refractivity contribution in [3.63, 3.8) is 0 Å². The molecule has 0 aliphatic carbocycles. The Morgan fingerprint density at radius 1 is 0.917 bits per heavy atom. The second kappa shape index (κ2) is 7.36. The number of nitrogens with zero attached hydrogens (tertiary/aromatic N) is 1. The Morgan fingerprint density at radius 2 is 1.50 bits per heavy atom. The van der Waals surface area contributed by atoms with Gasteiger partial charge in [0.05, 0.1) is 0 Å². The lowest BCUT2D eigenvalue weighted by atomic mass is 10.1. The van der Waals surface area contributed by atoms with Crippen molar-refractivity contribution in [2.45, 2.75) is 20.8 Å². The number of anilines is 3. The van der Waals surface area contributed by atoms with Crippen molar-refractivity contribution in [3.05, 3.63) is 47.7 Å². The fourth-order valence-corrected chi connectivity index (χ4v) is 2.11. The van der Waals surface area contributed by atoms with E-state index in [0.29, 0.717) is 17.2 Å². The minimum Gasteiger partial charge on any atom is -0.326 e. The molecule has 2 rings (SSSR count). The molecule has 0 saturated carbocycles. The monoisotopic (exact) mass is 326 g/mol. The van der Waals surface area contributed by atoms with E-state index in [1.54, 1.807) is 18.3 Å². The molecule has 0 atom stereocenters. The molecule has 1 aromatic heterocycles. The van der Waals surface area contributed by atoms with E-state index in [0.717, 1.165) is 5.56 Å².